The van der Waals surface area contributed by atoms with Crippen LogP contribution in [0.3, 0.4) is 0 Å². The van der Waals surface area contributed by atoms with Crippen LogP contribution in [0.25, 0.3) is 0 Å². The number of ether oxygens (including phenoxy) is 1. The van der Waals surface area contributed by atoms with E-state index in [0.717, 1.165) is 11.3 Å². The fourth-order valence-corrected chi connectivity index (χ4v) is 2.87. The summed E-state index contributed by atoms with van der Waals surface area (Å²) in [5.41, 5.74) is 0.961. The van der Waals surface area contributed by atoms with E-state index in [9.17, 15) is 9.59 Å². The number of piperazine rings is 1. The molecule has 1 saturated heterocycles. The molecule has 1 aliphatic rings. The smallest absolute Gasteiger partial charge is 0.289 e. The molecule has 0 unspecified atom stereocenters. The molecule has 2 amide bonds. The topological polar surface area (TPSA) is 63.0 Å². The standard InChI is InChI=1S/C19H22N2O4/c1-2-24-16-7-5-15(6-8-16)14-18(22)20-9-11-21(12-10-20)19(23)17-4-3-13-25-17/h3-8,13H,2,9-12,14H2,1H3. The summed E-state index contributed by atoms with van der Waals surface area (Å²) in [6.45, 7) is 4.70. The molecule has 0 bridgehead atoms. The molecule has 0 spiro atoms. The summed E-state index contributed by atoms with van der Waals surface area (Å²) in [6.07, 6.45) is 1.85. The van der Waals surface area contributed by atoms with Crippen molar-refractivity contribution in [3.8, 4) is 5.75 Å². The van der Waals surface area contributed by atoms with Gasteiger partial charge in [0.1, 0.15) is 5.75 Å². The maximum atomic E-state index is 12.5. The van der Waals surface area contributed by atoms with Crippen molar-refractivity contribution in [3.63, 3.8) is 0 Å². The summed E-state index contributed by atoms with van der Waals surface area (Å²) < 4.78 is 10.6. The molecule has 0 radical (unpaired) electrons. The number of amides is 2. The molecule has 132 valence electrons. The van der Waals surface area contributed by atoms with Crippen molar-refractivity contribution in [1.82, 2.24) is 9.80 Å². The van der Waals surface area contributed by atoms with Crippen LogP contribution >= 0.6 is 0 Å². The summed E-state index contributed by atoms with van der Waals surface area (Å²) in [5, 5.41) is 0. The molecule has 6 heteroatoms. The molecule has 25 heavy (non-hydrogen) atoms. The van der Waals surface area contributed by atoms with Gasteiger partial charge in [0.2, 0.25) is 5.91 Å². The molecule has 0 saturated carbocycles. The minimum Gasteiger partial charge on any atom is -0.494 e. The molecular weight excluding hydrogens is 320 g/mol. The highest BCUT2D eigenvalue weighted by molar-refractivity contribution is 5.91. The fourth-order valence-electron chi connectivity index (χ4n) is 2.87. The van der Waals surface area contributed by atoms with E-state index in [1.807, 2.05) is 36.1 Å². The summed E-state index contributed by atoms with van der Waals surface area (Å²) in [7, 11) is 0. The predicted octanol–water partition coefficient (Wildman–Crippen LogP) is 2.21. The van der Waals surface area contributed by atoms with Crippen LogP contribution in [0.5, 0.6) is 5.75 Å². The number of hydrogen-bond donors (Lipinski definition) is 0. The van der Waals surface area contributed by atoms with Crippen LogP contribution in [0, 0.1) is 0 Å². The third-order valence-corrected chi connectivity index (χ3v) is 4.24. The summed E-state index contributed by atoms with van der Waals surface area (Å²) in [6, 6.07) is 11.0. The van der Waals surface area contributed by atoms with E-state index in [1.54, 1.807) is 17.0 Å². The van der Waals surface area contributed by atoms with Crippen LogP contribution in [0.15, 0.2) is 47.1 Å². The Bertz CT molecular complexity index is 702. The van der Waals surface area contributed by atoms with Crippen molar-refractivity contribution in [3.05, 3.63) is 54.0 Å². The number of carbonyl (C=O) groups excluding carboxylic acids is 2. The van der Waals surface area contributed by atoms with Crippen LogP contribution in [-0.2, 0) is 11.2 Å². The molecule has 1 aromatic carbocycles. The molecule has 2 aromatic rings. The second kappa shape index (κ2) is 7.88. The SMILES string of the molecule is CCOc1ccc(CC(=O)N2CCN(C(=O)c3ccco3)CC2)cc1. The molecule has 6 nitrogen and oxygen atoms in total. The first-order valence-electron chi connectivity index (χ1n) is 8.49. The zero-order valence-corrected chi connectivity index (χ0v) is 14.3. The fraction of sp³-hybridized carbons (Fsp3) is 0.368. The van der Waals surface area contributed by atoms with Gasteiger partial charge in [0.05, 0.1) is 19.3 Å². The Kier molecular flexibility index (Phi) is 5.38. The van der Waals surface area contributed by atoms with Crippen molar-refractivity contribution < 1.29 is 18.7 Å². The van der Waals surface area contributed by atoms with Gasteiger partial charge >= 0.3 is 0 Å². The normalized spacial score (nSPS) is 14.4. The third kappa shape index (κ3) is 4.21. The van der Waals surface area contributed by atoms with E-state index >= 15 is 0 Å². The lowest BCUT2D eigenvalue weighted by Crippen LogP contribution is -2.50. The summed E-state index contributed by atoms with van der Waals surface area (Å²) in [5.74, 6) is 1.11. The molecular formula is C19H22N2O4. The Morgan fingerprint density at radius 1 is 1.04 bits per heavy atom. The van der Waals surface area contributed by atoms with E-state index in [0.29, 0.717) is 45.0 Å². The maximum Gasteiger partial charge on any atom is 0.289 e. The Hall–Kier alpha value is -2.76. The second-order valence-electron chi connectivity index (χ2n) is 5.90. The van der Waals surface area contributed by atoms with Crippen molar-refractivity contribution in [2.24, 2.45) is 0 Å². The molecule has 0 aliphatic carbocycles. The highest BCUT2D eigenvalue weighted by Gasteiger charge is 2.25. The lowest BCUT2D eigenvalue weighted by atomic mass is 10.1. The Balaban J connectivity index is 1.50. The summed E-state index contributed by atoms with van der Waals surface area (Å²) in [4.78, 5) is 28.2. The first kappa shape index (κ1) is 17.1. The van der Waals surface area contributed by atoms with E-state index < -0.39 is 0 Å². The quantitative estimate of drug-likeness (QED) is 0.836. The Labute approximate surface area is 147 Å². The molecule has 0 atom stereocenters. The lowest BCUT2D eigenvalue weighted by molar-refractivity contribution is -0.131. The van der Waals surface area contributed by atoms with Gasteiger partial charge in [-0.25, -0.2) is 0 Å². The number of hydrogen-bond acceptors (Lipinski definition) is 4. The highest BCUT2D eigenvalue weighted by Crippen LogP contribution is 2.14. The highest BCUT2D eigenvalue weighted by atomic mass is 16.5. The first-order valence-corrected chi connectivity index (χ1v) is 8.49. The van der Waals surface area contributed by atoms with Gasteiger partial charge in [0.25, 0.3) is 5.91 Å². The Morgan fingerprint density at radius 3 is 2.32 bits per heavy atom. The van der Waals surface area contributed by atoms with Crippen molar-refractivity contribution in [2.75, 3.05) is 32.8 Å². The minimum atomic E-state index is -0.122. The van der Waals surface area contributed by atoms with E-state index in [-0.39, 0.29) is 11.8 Å². The zero-order valence-electron chi connectivity index (χ0n) is 14.3. The van der Waals surface area contributed by atoms with Crippen molar-refractivity contribution in [2.45, 2.75) is 13.3 Å². The largest absolute Gasteiger partial charge is 0.494 e. The monoisotopic (exact) mass is 342 g/mol. The molecule has 0 N–H and O–H groups in total. The number of carbonyl (C=O) groups is 2. The van der Waals surface area contributed by atoms with Crippen LogP contribution in [0.2, 0.25) is 0 Å². The molecule has 1 fully saturated rings. The zero-order chi connectivity index (χ0) is 17.6. The molecule has 1 aromatic heterocycles. The maximum absolute atomic E-state index is 12.5. The van der Waals surface area contributed by atoms with Crippen LogP contribution in [0.4, 0.5) is 0 Å². The molecule has 1 aliphatic heterocycles. The van der Waals surface area contributed by atoms with E-state index in [4.69, 9.17) is 9.15 Å². The number of benzene rings is 1. The van der Waals surface area contributed by atoms with E-state index in [1.165, 1.54) is 6.26 Å². The number of furan rings is 1. The summed E-state index contributed by atoms with van der Waals surface area (Å²) >= 11 is 0. The van der Waals surface area contributed by atoms with Crippen LogP contribution in [-0.4, -0.2) is 54.4 Å². The van der Waals surface area contributed by atoms with Gasteiger partial charge in [-0.3, -0.25) is 9.59 Å². The Morgan fingerprint density at radius 2 is 1.72 bits per heavy atom. The predicted molar refractivity (Wildman–Crippen MR) is 92.5 cm³/mol. The van der Waals surface area contributed by atoms with E-state index in [2.05, 4.69) is 0 Å². The average Bonchev–Trinajstić information content (AvgIpc) is 3.18. The van der Waals surface area contributed by atoms with Gasteiger partial charge in [-0.05, 0) is 36.8 Å². The van der Waals surface area contributed by atoms with Crippen LogP contribution < -0.4 is 4.74 Å². The average molecular weight is 342 g/mol. The van der Waals surface area contributed by atoms with Crippen molar-refractivity contribution >= 4 is 11.8 Å². The number of nitrogens with zero attached hydrogens (tertiary/aromatic N) is 2. The second-order valence-corrected chi connectivity index (χ2v) is 5.90. The lowest BCUT2D eigenvalue weighted by Gasteiger charge is -2.34. The van der Waals surface area contributed by atoms with Gasteiger partial charge in [0, 0.05) is 26.2 Å². The van der Waals surface area contributed by atoms with Crippen molar-refractivity contribution in [1.29, 1.82) is 0 Å². The first-order chi connectivity index (χ1) is 12.2. The minimum absolute atomic E-state index is 0.0780. The van der Waals surface area contributed by atoms with Gasteiger partial charge in [0.15, 0.2) is 5.76 Å². The molecule has 2 heterocycles. The molecule has 3 rings (SSSR count). The number of rotatable bonds is 5. The van der Waals surface area contributed by atoms with Crippen LogP contribution in [0.1, 0.15) is 23.0 Å². The van der Waals surface area contributed by atoms with Gasteiger partial charge in [-0.2, -0.15) is 0 Å². The third-order valence-electron chi connectivity index (χ3n) is 4.24. The van der Waals surface area contributed by atoms with Gasteiger partial charge in [-0.1, -0.05) is 12.1 Å². The van der Waals surface area contributed by atoms with Gasteiger partial charge < -0.3 is 19.0 Å². The van der Waals surface area contributed by atoms with Gasteiger partial charge in [-0.15, -0.1) is 0 Å².